The van der Waals surface area contributed by atoms with E-state index in [0.717, 1.165) is 52.6 Å². The molecule has 250 valence electrons. The molecule has 2 fully saturated rings. The average Bonchev–Trinajstić information content (AvgIpc) is 3.56. The first-order valence-electron chi connectivity index (χ1n) is 16.5. The van der Waals surface area contributed by atoms with Gasteiger partial charge in [0.15, 0.2) is 11.6 Å². The van der Waals surface area contributed by atoms with Gasteiger partial charge in [0.05, 0.1) is 28.9 Å². The van der Waals surface area contributed by atoms with Crippen LogP contribution in [0, 0.1) is 11.8 Å². The van der Waals surface area contributed by atoms with Crippen LogP contribution in [-0.4, -0.2) is 63.8 Å². The van der Waals surface area contributed by atoms with Gasteiger partial charge < -0.3 is 14.9 Å². The third-order valence-electron chi connectivity index (χ3n) is 9.48. The topological polar surface area (TPSA) is 104 Å². The first-order chi connectivity index (χ1) is 23.0. The lowest BCUT2D eigenvalue weighted by Crippen LogP contribution is -2.55. The molecule has 1 N–H and O–H groups in total. The van der Waals surface area contributed by atoms with Crippen molar-refractivity contribution in [3.05, 3.63) is 99.0 Å². The highest BCUT2D eigenvalue weighted by atomic mass is 35.5. The predicted octanol–water partition coefficient (Wildman–Crippen LogP) is 7.51. The Morgan fingerprint density at radius 1 is 0.958 bits per heavy atom. The molecule has 48 heavy (non-hydrogen) atoms. The zero-order valence-corrected chi connectivity index (χ0v) is 29.1. The summed E-state index contributed by atoms with van der Waals surface area (Å²) in [5.41, 5.74) is 3.93. The zero-order valence-electron chi connectivity index (χ0n) is 27.6. The average molecular weight is 685 g/mol. The van der Waals surface area contributed by atoms with E-state index < -0.39 is 17.8 Å². The van der Waals surface area contributed by atoms with Gasteiger partial charge in [-0.05, 0) is 59.9 Å². The van der Waals surface area contributed by atoms with E-state index in [9.17, 15) is 19.5 Å². The molecule has 8 nitrogen and oxygen atoms in total. The molecule has 4 aromatic rings. The molecule has 4 heterocycles. The van der Waals surface area contributed by atoms with Crippen LogP contribution < -0.4 is 4.90 Å². The van der Waals surface area contributed by atoms with Crippen LogP contribution in [0.25, 0.3) is 11.4 Å². The van der Waals surface area contributed by atoms with E-state index in [1.807, 2.05) is 67.0 Å². The van der Waals surface area contributed by atoms with Crippen LogP contribution in [-0.2, 0) is 21.4 Å². The standard InChI is InChI=1S/C38H41ClN4O4S/c1-38(2,3)34-13-12-33(48-34)32(44)19-27(36(45)43-22-28(23-43)37(46)47)18-24-8-10-26(11-9-24)35-40-20-29(21-41-35)42-16-14-25(15-17-42)30-6-4-5-7-31(30)39/h4-13,20-21,25,27-28H,14-19,22-23H2,1-3H3,(H,46,47)/t27-/m1/s1. The smallest absolute Gasteiger partial charge is 0.310 e. The van der Waals surface area contributed by atoms with E-state index in [2.05, 4.69) is 41.7 Å². The van der Waals surface area contributed by atoms with Crippen molar-refractivity contribution >= 4 is 46.3 Å². The number of nitrogens with zero attached hydrogens (tertiary/aromatic N) is 4. The molecular weight excluding hydrogens is 644 g/mol. The number of aromatic nitrogens is 2. The van der Waals surface area contributed by atoms with Crippen LogP contribution in [0.3, 0.4) is 0 Å². The number of carbonyl (C=O) groups is 3. The highest BCUT2D eigenvalue weighted by molar-refractivity contribution is 7.14. The van der Waals surface area contributed by atoms with Crippen LogP contribution in [0.5, 0.6) is 0 Å². The van der Waals surface area contributed by atoms with Crippen molar-refractivity contribution in [2.24, 2.45) is 11.8 Å². The van der Waals surface area contributed by atoms with Crippen molar-refractivity contribution in [3.8, 4) is 11.4 Å². The number of rotatable bonds is 10. The minimum absolute atomic E-state index is 0.0668. The number of likely N-dealkylation sites (tertiary alicyclic amines) is 1. The van der Waals surface area contributed by atoms with Crippen LogP contribution in [0.4, 0.5) is 5.69 Å². The minimum atomic E-state index is -0.899. The second-order valence-electron chi connectivity index (χ2n) is 14.0. The lowest BCUT2D eigenvalue weighted by atomic mass is 9.89. The fourth-order valence-corrected chi connectivity index (χ4v) is 7.80. The Bertz CT molecular complexity index is 1770. The summed E-state index contributed by atoms with van der Waals surface area (Å²) in [5.74, 6) is -1.21. The van der Waals surface area contributed by atoms with Crippen molar-refractivity contribution in [3.63, 3.8) is 0 Å². The number of benzene rings is 2. The lowest BCUT2D eigenvalue weighted by molar-refractivity contribution is -0.154. The van der Waals surface area contributed by atoms with Gasteiger partial charge in [0.25, 0.3) is 0 Å². The molecule has 2 aromatic heterocycles. The first-order valence-corrected chi connectivity index (χ1v) is 17.7. The van der Waals surface area contributed by atoms with Crippen LogP contribution in [0.2, 0.25) is 5.02 Å². The molecule has 1 atom stereocenters. The zero-order chi connectivity index (χ0) is 34.0. The van der Waals surface area contributed by atoms with E-state index in [1.165, 1.54) is 16.9 Å². The van der Waals surface area contributed by atoms with Gasteiger partial charge in [-0.2, -0.15) is 0 Å². The highest BCUT2D eigenvalue weighted by Crippen LogP contribution is 2.35. The number of anilines is 1. The Hall–Kier alpha value is -4.08. The maximum absolute atomic E-state index is 13.5. The summed E-state index contributed by atoms with van der Waals surface area (Å²) in [4.78, 5) is 53.3. The molecule has 0 bridgehead atoms. The fourth-order valence-electron chi connectivity index (χ4n) is 6.50. The molecule has 6 rings (SSSR count). The van der Waals surface area contributed by atoms with Crippen molar-refractivity contribution in [2.45, 2.75) is 57.8 Å². The van der Waals surface area contributed by atoms with E-state index in [1.54, 1.807) is 4.90 Å². The van der Waals surface area contributed by atoms with Gasteiger partial charge in [-0.1, -0.05) is 74.8 Å². The second-order valence-corrected chi connectivity index (χ2v) is 15.5. The summed E-state index contributed by atoms with van der Waals surface area (Å²) < 4.78 is 0. The molecule has 2 aromatic carbocycles. The van der Waals surface area contributed by atoms with Crippen LogP contribution in [0.15, 0.2) is 73.1 Å². The number of amides is 1. The quantitative estimate of drug-likeness (QED) is 0.172. The Labute approximate surface area is 290 Å². The van der Waals surface area contributed by atoms with Crippen molar-refractivity contribution in [1.82, 2.24) is 14.9 Å². The van der Waals surface area contributed by atoms with E-state index in [-0.39, 0.29) is 36.6 Å². The van der Waals surface area contributed by atoms with Crippen molar-refractivity contribution in [2.75, 3.05) is 31.1 Å². The minimum Gasteiger partial charge on any atom is -0.481 e. The molecule has 0 aliphatic carbocycles. The van der Waals surface area contributed by atoms with Gasteiger partial charge in [-0.3, -0.25) is 14.4 Å². The maximum Gasteiger partial charge on any atom is 0.310 e. The maximum atomic E-state index is 13.5. The van der Waals surface area contributed by atoms with Gasteiger partial charge in [0, 0.05) is 54.0 Å². The van der Waals surface area contributed by atoms with Crippen molar-refractivity contribution < 1.29 is 19.5 Å². The summed E-state index contributed by atoms with van der Waals surface area (Å²) in [6.45, 7) is 8.51. The third kappa shape index (κ3) is 7.63. The molecule has 1 amide bonds. The van der Waals surface area contributed by atoms with Crippen LogP contribution in [0.1, 0.15) is 71.6 Å². The normalized spacial score (nSPS) is 16.4. The number of ketones is 1. The van der Waals surface area contributed by atoms with Gasteiger partial charge in [-0.25, -0.2) is 9.97 Å². The third-order valence-corrected chi connectivity index (χ3v) is 11.4. The lowest BCUT2D eigenvalue weighted by Gasteiger charge is -2.38. The number of carboxylic acid groups (broad SMARTS) is 1. The Morgan fingerprint density at radius 3 is 2.23 bits per heavy atom. The van der Waals surface area contributed by atoms with E-state index in [4.69, 9.17) is 11.6 Å². The van der Waals surface area contributed by atoms with E-state index in [0.29, 0.717) is 23.0 Å². The summed E-state index contributed by atoms with van der Waals surface area (Å²) in [7, 11) is 0. The number of hydrogen-bond donors (Lipinski definition) is 1. The fraction of sp³-hybridized carbons (Fsp3) is 0.395. The Kier molecular flexibility index (Phi) is 9.99. The number of piperidine rings is 1. The summed E-state index contributed by atoms with van der Waals surface area (Å²) >= 11 is 7.92. The Balaban J connectivity index is 1.10. The first kappa shape index (κ1) is 33.8. The number of thiophene rings is 1. The molecule has 0 radical (unpaired) electrons. The summed E-state index contributed by atoms with van der Waals surface area (Å²) in [6.07, 6.45) is 6.23. The van der Waals surface area contributed by atoms with Gasteiger partial charge in [-0.15, -0.1) is 11.3 Å². The van der Waals surface area contributed by atoms with Crippen LogP contribution >= 0.6 is 22.9 Å². The molecule has 2 aliphatic rings. The van der Waals surface area contributed by atoms with Gasteiger partial charge in [0.2, 0.25) is 5.91 Å². The van der Waals surface area contributed by atoms with Gasteiger partial charge >= 0.3 is 5.97 Å². The largest absolute Gasteiger partial charge is 0.481 e. The molecule has 0 saturated carbocycles. The molecular formula is C38H41ClN4O4S. The predicted molar refractivity (Wildman–Crippen MR) is 190 cm³/mol. The highest BCUT2D eigenvalue weighted by Gasteiger charge is 2.39. The molecule has 0 unspecified atom stereocenters. The molecule has 0 spiro atoms. The SMILES string of the molecule is CC(C)(C)c1ccc(C(=O)C[C@@H](Cc2ccc(-c3ncc(N4CCC(c5ccccc5Cl)CC4)cn3)cc2)C(=O)N2CC(C(=O)O)C2)s1. The Morgan fingerprint density at radius 2 is 1.62 bits per heavy atom. The molecule has 2 aliphatic heterocycles. The number of aliphatic carboxylic acids is 1. The van der Waals surface area contributed by atoms with Gasteiger partial charge in [0.1, 0.15) is 0 Å². The molecule has 10 heteroatoms. The second kappa shape index (κ2) is 14.2. The molecule has 2 saturated heterocycles. The van der Waals surface area contributed by atoms with Crippen molar-refractivity contribution in [1.29, 1.82) is 0 Å². The summed E-state index contributed by atoms with van der Waals surface area (Å²) in [5, 5.41) is 10.2. The van der Waals surface area contributed by atoms with E-state index >= 15 is 0 Å². The monoisotopic (exact) mass is 684 g/mol. The number of halogens is 1. The number of hydrogen-bond acceptors (Lipinski definition) is 7. The number of carboxylic acids is 1. The number of carbonyl (C=O) groups excluding carboxylic acids is 2. The summed E-state index contributed by atoms with van der Waals surface area (Å²) in [6, 6.07) is 19.7. The number of Topliss-reactive ketones (excluding diaryl/α,β-unsaturated/α-hetero) is 1.